The zero-order valence-electron chi connectivity index (χ0n) is 12.3. The van der Waals surface area contributed by atoms with Crippen LogP contribution in [-0.2, 0) is 9.53 Å². The van der Waals surface area contributed by atoms with E-state index in [4.69, 9.17) is 4.74 Å². The Hall–Kier alpha value is -1.43. The van der Waals surface area contributed by atoms with Crippen molar-refractivity contribution >= 4 is 5.91 Å². The molecule has 1 aromatic rings. The zero-order valence-corrected chi connectivity index (χ0v) is 12.3. The third kappa shape index (κ3) is 3.81. The highest BCUT2D eigenvalue weighted by atomic mass is 16.5. The lowest BCUT2D eigenvalue weighted by atomic mass is 9.83. The summed E-state index contributed by atoms with van der Waals surface area (Å²) in [6.45, 7) is 3.61. The number of aliphatic hydroxyl groups excluding tert-OH is 2. The van der Waals surface area contributed by atoms with Gasteiger partial charge < -0.3 is 19.8 Å². The van der Waals surface area contributed by atoms with E-state index in [1.54, 1.807) is 4.90 Å². The van der Waals surface area contributed by atoms with Crippen molar-refractivity contribution in [2.75, 3.05) is 32.9 Å². The quantitative estimate of drug-likeness (QED) is 0.835. The molecule has 5 heteroatoms. The van der Waals surface area contributed by atoms with Crippen LogP contribution in [0.2, 0.25) is 0 Å². The van der Waals surface area contributed by atoms with Crippen molar-refractivity contribution in [3.63, 3.8) is 0 Å². The molecular formula is C16H23NO4. The minimum atomic E-state index is -1.06. The van der Waals surface area contributed by atoms with E-state index in [1.807, 2.05) is 37.3 Å². The van der Waals surface area contributed by atoms with Gasteiger partial charge in [0.25, 0.3) is 0 Å². The summed E-state index contributed by atoms with van der Waals surface area (Å²) in [5.74, 6) is -0.921. The summed E-state index contributed by atoms with van der Waals surface area (Å²) in [4.78, 5) is 14.4. The molecule has 21 heavy (non-hydrogen) atoms. The van der Waals surface area contributed by atoms with Crippen LogP contribution in [0.5, 0.6) is 0 Å². The van der Waals surface area contributed by atoms with Gasteiger partial charge in [0.2, 0.25) is 5.91 Å². The molecule has 1 amide bonds. The Bertz CT molecular complexity index is 445. The Morgan fingerprint density at radius 2 is 1.90 bits per heavy atom. The summed E-state index contributed by atoms with van der Waals surface area (Å²) >= 11 is 0. The Morgan fingerprint density at radius 1 is 1.29 bits per heavy atom. The van der Waals surface area contributed by atoms with Crippen LogP contribution in [0.1, 0.15) is 18.4 Å². The Labute approximate surface area is 125 Å². The SMILES string of the molecule is C[C@H](c1ccccc1)[C@@H](C(=O)N1CCOCC1)[C@@H](O)CO. The number of benzene rings is 1. The first-order valence-electron chi connectivity index (χ1n) is 7.35. The van der Waals surface area contributed by atoms with Crippen molar-refractivity contribution in [3.8, 4) is 0 Å². The standard InChI is InChI=1S/C16H23NO4/c1-12(13-5-3-2-4-6-13)15(14(19)11-18)16(20)17-7-9-21-10-8-17/h2-6,12,14-15,18-19H,7-11H2,1H3/t12-,14+,15-/m1/s1. The highest BCUT2D eigenvalue weighted by Crippen LogP contribution is 2.29. The molecule has 0 radical (unpaired) electrons. The number of nitrogens with zero attached hydrogens (tertiary/aromatic N) is 1. The second-order valence-corrected chi connectivity index (χ2v) is 5.41. The van der Waals surface area contributed by atoms with Crippen LogP contribution >= 0.6 is 0 Å². The van der Waals surface area contributed by atoms with Crippen LogP contribution < -0.4 is 0 Å². The second kappa shape index (κ2) is 7.54. The van der Waals surface area contributed by atoms with Gasteiger partial charge in [0, 0.05) is 13.1 Å². The number of rotatable bonds is 5. The van der Waals surface area contributed by atoms with Gasteiger partial charge in [0.15, 0.2) is 0 Å². The fourth-order valence-corrected chi connectivity index (χ4v) is 2.78. The molecule has 2 rings (SSSR count). The van der Waals surface area contributed by atoms with Crippen molar-refractivity contribution in [3.05, 3.63) is 35.9 Å². The first-order valence-corrected chi connectivity index (χ1v) is 7.35. The molecule has 0 bridgehead atoms. The molecule has 1 saturated heterocycles. The molecule has 1 heterocycles. The average molecular weight is 293 g/mol. The maximum absolute atomic E-state index is 12.7. The number of hydrogen-bond donors (Lipinski definition) is 2. The summed E-state index contributed by atoms with van der Waals surface area (Å²) in [6, 6.07) is 9.61. The monoisotopic (exact) mass is 293 g/mol. The molecule has 5 nitrogen and oxygen atoms in total. The average Bonchev–Trinajstić information content (AvgIpc) is 2.56. The topological polar surface area (TPSA) is 70.0 Å². The zero-order chi connectivity index (χ0) is 15.2. The molecule has 3 atom stereocenters. The summed E-state index contributed by atoms with van der Waals surface area (Å²) in [7, 11) is 0. The number of amides is 1. The number of carbonyl (C=O) groups excluding carboxylic acids is 1. The number of aliphatic hydroxyl groups is 2. The molecule has 116 valence electrons. The highest BCUT2D eigenvalue weighted by Gasteiger charge is 2.35. The van der Waals surface area contributed by atoms with E-state index in [0.29, 0.717) is 26.3 Å². The van der Waals surface area contributed by atoms with E-state index >= 15 is 0 Å². The fraction of sp³-hybridized carbons (Fsp3) is 0.562. The lowest BCUT2D eigenvalue weighted by molar-refractivity contribution is -0.145. The predicted molar refractivity (Wildman–Crippen MR) is 78.8 cm³/mol. The van der Waals surface area contributed by atoms with Gasteiger partial charge in [-0.3, -0.25) is 4.79 Å². The molecule has 0 saturated carbocycles. The van der Waals surface area contributed by atoms with E-state index in [0.717, 1.165) is 5.56 Å². The van der Waals surface area contributed by atoms with Gasteiger partial charge >= 0.3 is 0 Å². The van der Waals surface area contributed by atoms with Crippen molar-refractivity contribution < 1.29 is 19.7 Å². The van der Waals surface area contributed by atoms with E-state index in [2.05, 4.69) is 0 Å². The van der Waals surface area contributed by atoms with E-state index in [1.165, 1.54) is 0 Å². The molecule has 2 N–H and O–H groups in total. The van der Waals surface area contributed by atoms with Crippen LogP contribution in [0.25, 0.3) is 0 Å². The summed E-state index contributed by atoms with van der Waals surface area (Å²) in [5.41, 5.74) is 0.983. The van der Waals surface area contributed by atoms with Gasteiger partial charge in [0.1, 0.15) is 0 Å². The maximum atomic E-state index is 12.7. The first-order chi connectivity index (χ1) is 10.1. The normalized spacial score (nSPS) is 19.9. The molecule has 0 spiro atoms. The number of ether oxygens (including phenoxy) is 1. The van der Waals surface area contributed by atoms with Gasteiger partial charge in [-0.25, -0.2) is 0 Å². The maximum Gasteiger partial charge on any atom is 0.229 e. The van der Waals surface area contributed by atoms with Crippen LogP contribution in [-0.4, -0.2) is 60.0 Å². The minimum absolute atomic E-state index is 0.115. The Morgan fingerprint density at radius 3 is 2.48 bits per heavy atom. The molecular weight excluding hydrogens is 270 g/mol. The number of morpholine rings is 1. The molecule has 1 aromatic carbocycles. The van der Waals surface area contributed by atoms with Crippen molar-refractivity contribution in [2.24, 2.45) is 5.92 Å². The third-order valence-electron chi connectivity index (χ3n) is 4.07. The third-order valence-corrected chi connectivity index (χ3v) is 4.07. The summed E-state index contributed by atoms with van der Waals surface area (Å²) in [6.07, 6.45) is -1.06. The van der Waals surface area contributed by atoms with E-state index in [-0.39, 0.29) is 11.8 Å². The second-order valence-electron chi connectivity index (χ2n) is 5.41. The first kappa shape index (κ1) is 15.9. The van der Waals surface area contributed by atoms with Crippen molar-refractivity contribution in [1.29, 1.82) is 0 Å². The van der Waals surface area contributed by atoms with Crippen LogP contribution in [0, 0.1) is 5.92 Å². The lowest BCUT2D eigenvalue weighted by Gasteiger charge is -2.34. The van der Waals surface area contributed by atoms with Crippen LogP contribution in [0.15, 0.2) is 30.3 Å². The van der Waals surface area contributed by atoms with Gasteiger partial charge in [-0.2, -0.15) is 0 Å². The largest absolute Gasteiger partial charge is 0.394 e. The highest BCUT2D eigenvalue weighted by molar-refractivity contribution is 5.80. The Kier molecular flexibility index (Phi) is 5.73. The summed E-state index contributed by atoms with van der Waals surface area (Å²) < 4.78 is 5.26. The van der Waals surface area contributed by atoms with Crippen molar-refractivity contribution in [1.82, 2.24) is 4.90 Å². The van der Waals surface area contributed by atoms with Gasteiger partial charge in [-0.1, -0.05) is 37.3 Å². The smallest absolute Gasteiger partial charge is 0.229 e. The fourth-order valence-electron chi connectivity index (χ4n) is 2.78. The van der Waals surface area contributed by atoms with Crippen LogP contribution in [0.3, 0.4) is 0 Å². The van der Waals surface area contributed by atoms with Crippen molar-refractivity contribution in [2.45, 2.75) is 18.9 Å². The molecule has 1 fully saturated rings. The molecule has 1 aliphatic rings. The van der Waals surface area contributed by atoms with E-state index in [9.17, 15) is 15.0 Å². The molecule has 1 aliphatic heterocycles. The molecule has 0 aromatic heterocycles. The number of carbonyl (C=O) groups is 1. The van der Waals surface area contributed by atoms with Crippen LogP contribution in [0.4, 0.5) is 0 Å². The predicted octanol–water partition coefficient (Wildman–Crippen LogP) is 0.618. The number of hydrogen-bond acceptors (Lipinski definition) is 4. The van der Waals surface area contributed by atoms with Gasteiger partial charge in [0.05, 0.1) is 31.8 Å². The van der Waals surface area contributed by atoms with E-state index < -0.39 is 18.6 Å². The summed E-state index contributed by atoms with van der Waals surface area (Å²) in [5, 5.41) is 19.4. The molecule has 0 unspecified atom stereocenters. The minimum Gasteiger partial charge on any atom is -0.394 e. The van der Waals surface area contributed by atoms with Gasteiger partial charge in [-0.05, 0) is 11.5 Å². The lowest BCUT2D eigenvalue weighted by Crippen LogP contribution is -2.48. The Balaban J connectivity index is 2.19. The molecule has 0 aliphatic carbocycles. The van der Waals surface area contributed by atoms with Gasteiger partial charge in [-0.15, -0.1) is 0 Å².